The van der Waals surface area contributed by atoms with Gasteiger partial charge in [-0.25, -0.2) is 4.39 Å². The number of hydrogen-bond acceptors (Lipinski definition) is 3. The van der Waals surface area contributed by atoms with Crippen LogP contribution in [0.15, 0.2) is 18.2 Å². The number of carbonyl (C=O) groups excluding carboxylic acids is 1. The van der Waals surface area contributed by atoms with Gasteiger partial charge in [0.1, 0.15) is 11.6 Å². The van der Waals surface area contributed by atoms with Crippen LogP contribution < -0.4 is 4.74 Å². The molecule has 1 aliphatic rings. The van der Waals surface area contributed by atoms with Gasteiger partial charge in [-0.2, -0.15) is 0 Å². The Hall–Kier alpha value is -1.20. The minimum Gasteiger partial charge on any atom is -0.482 e. The maximum absolute atomic E-state index is 13.0. The van der Waals surface area contributed by atoms with Gasteiger partial charge in [-0.1, -0.05) is 38.5 Å². The normalized spacial score (nSPS) is 17.2. The van der Waals surface area contributed by atoms with Crippen molar-refractivity contribution in [1.29, 1.82) is 0 Å². The molecular formula is C16H25FO3S. The van der Waals surface area contributed by atoms with Gasteiger partial charge in [0.2, 0.25) is 5.78 Å². The van der Waals surface area contributed by atoms with Crippen LogP contribution in [0.4, 0.5) is 4.39 Å². The van der Waals surface area contributed by atoms with Crippen LogP contribution in [0.5, 0.6) is 5.75 Å². The van der Waals surface area contributed by atoms with Crippen molar-refractivity contribution in [2.24, 2.45) is 0 Å². The minimum atomic E-state index is -1.02. The largest absolute Gasteiger partial charge is 0.482 e. The van der Waals surface area contributed by atoms with Crippen molar-refractivity contribution in [2.75, 3.05) is 6.26 Å². The summed E-state index contributed by atoms with van der Waals surface area (Å²) in [7, 11) is -1.02. The molecule has 0 bridgehead atoms. The van der Waals surface area contributed by atoms with E-state index in [2.05, 4.69) is 0 Å². The van der Waals surface area contributed by atoms with Gasteiger partial charge < -0.3 is 9.29 Å². The van der Waals surface area contributed by atoms with E-state index >= 15 is 0 Å². The van der Waals surface area contributed by atoms with Crippen LogP contribution in [0.2, 0.25) is 0 Å². The molecule has 0 spiro atoms. The molecule has 0 aromatic heterocycles. The summed E-state index contributed by atoms with van der Waals surface area (Å²) in [6.45, 7) is 8.00. The molecule has 21 heavy (non-hydrogen) atoms. The minimum absolute atomic E-state index is 0.215. The Labute approximate surface area is 129 Å². The second-order valence-corrected chi connectivity index (χ2v) is 5.22. The van der Waals surface area contributed by atoms with Crippen molar-refractivity contribution in [3.63, 3.8) is 0 Å². The Morgan fingerprint density at radius 3 is 2.57 bits per heavy atom. The summed E-state index contributed by atoms with van der Waals surface area (Å²) >= 11 is 0. The Morgan fingerprint density at radius 2 is 2.00 bits per heavy atom. The zero-order chi connectivity index (χ0) is 16.4. The van der Waals surface area contributed by atoms with Gasteiger partial charge in [-0.3, -0.25) is 4.79 Å². The molecular weight excluding hydrogens is 291 g/mol. The first kappa shape index (κ1) is 19.8. The highest BCUT2D eigenvalue weighted by atomic mass is 32.2. The van der Waals surface area contributed by atoms with E-state index < -0.39 is 16.9 Å². The Kier molecular flexibility index (Phi) is 9.91. The maximum atomic E-state index is 13.0. The number of carbonyl (C=O) groups is 1. The van der Waals surface area contributed by atoms with Crippen LogP contribution in [-0.2, 0) is 11.2 Å². The molecule has 0 saturated carbocycles. The van der Waals surface area contributed by atoms with Gasteiger partial charge in [0.25, 0.3) is 0 Å². The van der Waals surface area contributed by atoms with Gasteiger partial charge in [-0.05, 0) is 36.6 Å². The van der Waals surface area contributed by atoms with E-state index in [1.807, 2.05) is 27.7 Å². The van der Waals surface area contributed by atoms with E-state index in [4.69, 9.17) is 9.29 Å². The third-order valence-electron chi connectivity index (χ3n) is 2.57. The monoisotopic (exact) mass is 316 g/mol. The number of Topliss-reactive ketones (excluding diaryl/α,β-unsaturated/α-hetero) is 1. The molecule has 1 N–H and O–H groups in total. The summed E-state index contributed by atoms with van der Waals surface area (Å²) in [5.41, 5.74) is 0.786. The molecule has 2 atom stereocenters. The van der Waals surface area contributed by atoms with Gasteiger partial charge >= 0.3 is 0 Å². The molecule has 3 nitrogen and oxygen atoms in total. The summed E-state index contributed by atoms with van der Waals surface area (Å²) in [6.07, 6.45) is 2.11. The lowest BCUT2D eigenvalue weighted by atomic mass is 10.0. The quantitative estimate of drug-likeness (QED) is 0.827. The predicted octanol–water partition coefficient (Wildman–Crippen LogP) is 4.31. The summed E-state index contributed by atoms with van der Waals surface area (Å²) in [4.78, 5) is 11.7. The first-order valence-corrected chi connectivity index (χ1v) is 8.89. The SMILES string of the molecule is C/S(O)=C\C(=O)C1CCc2cc(F)ccc2O1.CC.CC. The number of halogens is 1. The fraction of sp³-hybridized carbons (Fsp3) is 0.500. The molecule has 0 aliphatic carbocycles. The molecule has 1 aromatic rings. The number of fused-ring (bicyclic) bond motifs is 1. The third-order valence-corrected chi connectivity index (χ3v) is 3.15. The topological polar surface area (TPSA) is 46.5 Å². The van der Waals surface area contributed by atoms with Crippen LogP contribution in [-0.4, -0.2) is 28.1 Å². The first-order chi connectivity index (χ1) is 10.1. The average molecular weight is 316 g/mol. The molecule has 5 heteroatoms. The average Bonchev–Trinajstić information content (AvgIpc) is 2.50. The van der Waals surface area contributed by atoms with Crippen molar-refractivity contribution in [3.05, 3.63) is 29.6 Å². The van der Waals surface area contributed by atoms with Crippen molar-refractivity contribution in [3.8, 4) is 5.75 Å². The second-order valence-electron chi connectivity index (χ2n) is 3.94. The van der Waals surface area contributed by atoms with Crippen molar-refractivity contribution < 1.29 is 18.5 Å². The molecule has 1 aliphatic heterocycles. The van der Waals surface area contributed by atoms with Gasteiger partial charge in [-0.15, -0.1) is 0 Å². The zero-order valence-electron chi connectivity index (χ0n) is 13.4. The van der Waals surface area contributed by atoms with Crippen molar-refractivity contribution >= 4 is 21.9 Å². The van der Waals surface area contributed by atoms with Gasteiger partial charge in [0.15, 0.2) is 6.10 Å². The van der Waals surface area contributed by atoms with E-state index in [-0.39, 0.29) is 11.6 Å². The number of hydrogen-bond donors (Lipinski definition) is 1. The summed E-state index contributed by atoms with van der Waals surface area (Å²) in [5.74, 6) is 0.0424. The highest BCUT2D eigenvalue weighted by molar-refractivity contribution is 8.10. The lowest BCUT2D eigenvalue weighted by molar-refractivity contribution is -0.119. The van der Waals surface area contributed by atoms with Gasteiger partial charge in [0, 0.05) is 11.6 Å². The van der Waals surface area contributed by atoms with Crippen LogP contribution >= 0.6 is 10.8 Å². The molecule has 0 radical (unpaired) electrons. The summed E-state index contributed by atoms with van der Waals surface area (Å²) < 4.78 is 27.6. The van der Waals surface area contributed by atoms with Crippen molar-refractivity contribution in [2.45, 2.75) is 46.6 Å². The Morgan fingerprint density at radius 1 is 1.38 bits per heavy atom. The highest BCUT2D eigenvalue weighted by Gasteiger charge is 2.24. The van der Waals surface area contributed by atoms with E-state index in [1.54, 1.807) is 6.26 Å². The maximum Gasteiger partial charge on any atom is 0.203 e. The molecule has 2 rings (SSSR count). The summed E-state index contributed by atoms with van der Waals surface area (Å²) in [5, 5.41) is 1.26. The lowest BCUT2D eigenvalue weighted by Crippen LogP contribution is -2.32. The number of aryl methyl sites for hydroxylation is 1. The molecule has 2 unspecified atom stereocenters. The third kappa shape index (κ3) is 6.40. The number of ether oxygens (including phenoxy) is 1. The van der Waals surface area contributed by atoms with Gasteiger partial charge in [0.05, 0.1) is 0 Å². The first-order valence-electron chi connectivity index (χ1n) is 7.24. The van der Waals surface area contributed by atoms with Crippen LogP contribution in [0.3, 0.4) is 0 Å². The lowest BCUT2D eigenvalue weighted by Gasteiger charge is -2.24. The van der Waals surface area contributed by atoms with E-state index in [9.17, 15) is 9.18 Å². The molecule has 0 fully saturated rings. The van der Waals surface area contributed by atoms with Crippen LogP contribution in [0.1, 0.15) is 39.7 Å². The van der Waals surface area contributed by atoms with Crippen LogP contribution in [0.25, 0.3) is 0 Å². The molecule has 1 aromatic carbocycles. The van der Waals surface area contributed by atoms with E-state index in [0.29, 0.717) is 18.6 Å². The number of rotatable bonds is 2. The fourth-order valence-corrected chi connectivity index (χ4v) is 2.29. The Balaban J connectivity index is 0.000000921. The van der Waals surface area contributed by atoms with Crippen molar-refractivity contribution in [1.82, 2.24) is 0 Å². The van der Waals surface area contributed by atoms with Crippen LogP contribution in [0, 0.1) is 5.82 Å². The molecule has 0 saturated heterocycles. The molecule has 120 valence electrons. The summed E-state index contributed by atoms with van der Waals surface area (Å²) in [6, 6.07) is 4.27. The fourth-order valence-electron chi connectivity index (χ4n) is 1.80. The molecule has 0 amide bonds. The highest BCUT2D eigenvalue weighted by Crippen LogP contribution is 2.28. The van der Waals surface area contributed by atoms with E-state index in [1.165, 1.54) is 23.6 Å². The smallest absolute Gasteiger partial charge is 0.203 e. The number of ketones is 1. The number of benzene rings is 1. The standard InChI is InChI=1S/C12H13FO3S.2C2H6/c1-17(15)7-10(14)12-4-2-8-6-9(13)3-5-11(8)16-12;2*1-2/h3,5-7,12,15H,2,4H2,1H3;2*1-2H3. The Bertz CT molecular complexity index is 482. The molecule has 1 heterocycles. The second kappa shape index (κ2) is 10.5. The zero-order valence-corrected chi connectivity index (χ0v) is 14.2. The van der Waals surface area contributed by atoms with E-state index in [0.717, 1.165) is 5.56 Å². The predicted molar refractivity (Wildman–Crippen MR) is 89.0 cm³/mol.